The van der Waals surface area contributed by atoms with Gasteiger partial charge in [0.15, 0.2) is 0 Å². The Morgan fingerprint density at radius 2 is 2.15 bits per heavy atom. The summed E-state index contributed by atoms with van der Waals surface area (Å²) >= 11 is 0. The van der Waals surface area contributed by atoms with Gasteiger partial charge >= 0.3 is 0 Å². The van der Waals surface area contributed by atoms with Crippen LogP contribution in [0.1, 0.15) is 22.3 Å². The molecule has 3 rings (SSSR count). The normalized spacial score (nSPS) is 18.6. The minimum absolute atomic E-state index is 0.00938. The first-order valence-corrected chi connectivity index (χ1v) is 7.05. The first-order chi connectivity index (χ1) is 9.65. The van der Waals surface area contributed by atoms with Crippen LogP contribution >= 0.6 is 0 Å². The molecular weight excluding hydrogens is 254 g/mol. The molecule has 0 atom stereocenters. The number of amides is 2. The Labute approximate surface area is 118 Å². The van der Waals surface area contributed by atoms with Crippen molar-refractivity contribution < 1.29 is 9.59 Å². The molecule has 1 saturated heterocycles. The zero-order valence-electron chi connectivity index (χ0n) is 11.7. The number of rotatable bonds is 1. The van der Waals surface area contributed by atoms with Crippen molar-refractivity contribution in [3.05, 3.63) is 29.3 Å². The van der Waals surface area contributed by atoms with E-state index in [4.69, 9.17) is 0 Å². The lowest BCUT2D eigenvalue weighted by molar-refractivity contribution is -0.129. The Kier molecular flexibility index (Phi) is 3.34. The Bertz CT molecular complexity index is 556. The second-order valence-corrected chi connectivity index (χ2v) is 5.44. The van der Waals surface area contributed by atoms with Crippen LogP contribution in [-0.2, 0) is 11.2 Å². The highest BCUT2D eigenvalue weighted by Gasteiger charge is 2.24. The molecule has 0 spiro atoms. The molecule has 2 aliphatic heterocycles. The lowest BCUT2D eigenvalue weighted by Crippen LogP contribution is -2.38. The van der Waals surface area contributed by atoms with E-state index in [0.717, 1.165) is 25.1 Å². The fraction of sp³-hybridized carbons (Fsp3) is 0.467. The predicted molar refractivity (Wildman–Crippen MR) is 76.8 cm³/mol. The van der Waals surface area contributed by atoms with Gasteiger partial charge in [-0.15, -0.1) is 0 Å². The maximum Gasteiger partial charge on any atom is 0.254 e. The number of nitrogens with zero attached hydrogens (tertiary/aromatic N) is 2. The zero-order chi connectivity index (χ0) is 14.1. The van der Waals surface area contributed by atoms with Crippen LogP contribution in [0.25, 0.3) is 0 Å². The standard InChI is InChI=1S/C15H19N3O2/c1-17-7-2-8-18(10-14(17)19)15(20)12-4-3-11-5-6-16-13(11)9-12/h3-4,9,16H,2,5-8,10H2,1H3. The molecule has 1 aromatic rings. The van der Waals surface area contributed by atoms with Gasteiger partial charge in [0.05, 0.1) is 0 Å². The first kappa shape index (κ1) is 13.0. The highest BCUT2D eigenvalue weighted by atomic mass is 16.2. The number of nitrogens with one attached hydrogen (secondary N) is 1. The van der Waals surface area contributed by atoms with Crippen molar-refractivity contribution >= 4 is 17.5 Å². The number of benzene rings is 1. The molecule has 1 fully saturated rings. The van der Waals surface area contributed by atoms with E-state index in [9.17, 15) is 9.59 Å². The maximum absolute atomic E-state index is 12.5. The van der Waals surface area contributed by atoms with Crippen LogP contribution < -0.4 is 5.32 Å². The number of carbonyl (C=O) groups is 2. The quantitative estimate of drug-likeness (QED) is 0.829. The smallest absolute Gasteiger partial charge is 0.254 e. The van der Waals surface area contributed by atoms with E-state index in [2.05, 4.69) is 5.32 Å². The molecule has 1 aromatic carbocycles. The van der Waals surface area contributed by atoms with Gasteiger partial charge < -0.3 is 15.1 Å². The van der Waals surface area contributed by atoms with E-state index in [1.165, 1.54) is 5.56 Å². The van der Waals surface area contributed by atoms with E-state index in [0.29, 0.717) is 18.7 Å². The van der Waals surface area contributed by atoms with Crippen LogP contribution in [0.4, 0.5) is 5.69 Å². The van der Waals surface area contributed by atoms with Gasteiger partial charge in [-0.05, 0) is 30.5 Å². The van der Waals surface area contributed by atoms with Gasteiger partial charge in [0.25, 0.3) is 5.91 Å². The van der Waals surface area contributed by atoms with Gasteiger partial charge in [-0.3, -0.25) is 9.59 Å². The minimum atomic E-state index is -0.0508. The summed E-state index contributed by atoms with van der Waals surface area (Å²) in [5, 5.41) is 3.28. The van der Waals surface area contributed by atoms with E-state index in [-0.39, 0.29) is 18.4 Å². The molecule has 5 heteroatoms. The summed E-state index contributed by atoms with van der Waals surface area (Å²) in [6, 6.07) is 5.78. The van der Waals surface area contributed by atoms with E-state index in [1.54, 1.807) is 16.8 Å². The predicted octanol–water partition coefficient (Wildman–Crippen LogP) is 0.959. The molecule has 2 heterocycles. The lowest BCUT2D eigenvalue weighted by Gasteiger charge is -2.20. The maximum atomic E-state index is 12.5. The number of fused-ring (bicyclic) bond motifs is 1. The second kappa shape index (κ2) is 5.15. The third-order valence-electron chi connectivity index (χ3n) is 4.03. The molecular formula is C15H19N3O2. The number of hydrogen-bond acceptors (Lipinski definition) is 3. The second-order valence-electron chi connectivity index (χ2n) is 5.44. The largest absolute Gasteiger partial charge is 0.384 e. The van der Waals surface area contributed by atoms with Crippen LogP contribution in [0.5, 0.6) is 0 Å². The van der Waals surface area contributed by atoms with Crippen LogP contribution in [0.2, 0.25) is 0 Å². The van der Waals surface area contributed by atoms with Gasteiger partial charge in [0.2, 0.25) is 5.91 Å². The summed E-state index contributed by atoms with van der Waals surface area (Å²) in [7, 11) is 1.79. The third kappa shape index (κ3) is 2.35. The van der Waals surface area contributed by atoms with Crippen molar-refractivity contribution in [2.45, 2.75) is 12.8 Å². The zero-order valence-corrected chi connectivity index (χ0v) is 11.7. The number of hydrogen-bond donors (Lipinski definition) is 1. The SMILES string of the molecule is CN1CCCN(C(=O)c2ccc3c(c2)NCC3)CC1=O. The fourth-order valence-corrected chi connectivity index (χ4v) is 2.77. The molecule has 2 amide bonds. The van der Waals surface area contributed by atoms with Crippen molar-refractivity contribution in [3.8, 4) is 0 Å². The highest BCUT2D eigenvalue weighted by molar-refractivity contribution is 5.97. The minimum Gasteiger partial charge on any atom is -0.384 e. The van der Waals surface area contributed by atoms with Crippen molar-refractivity contribution in [3.63, 3.8) is 0 Å². The van der Waals surface area contributed by atoms with Crippen molar-refractivity contribution in [2.24, 2.45) is 0 Å². The number of carbonyl (C=O) groups excluding carboxylic acids is 2. The van der Waals surface area contributed by atoms with Gasteiger partial charge in [-0.2, -0.15) is 0 Å². The van der Waals surface area contributed by atoms with E-state index >= 15 is 0 Å². The topological polar surface area (TPSA) is 52.6 Å². The van der Waals surface area contributed by atoms with Crippen LogP contribution in [-0.4, -0.2) is 54.8 Å². The Morgan fingerprint density at radius 3 is 3.00 bits per heavy atom. The van der Waals surface area contributed by atoms with Gasteiger partial charge in [0.1, 0.15) is 6.54 Å². The molecule has 1 N–H and O–H groups in total. The number of likely N-dealkylation sites (N-methyl/N-ethyl adjacent to an activating group) is 1. The summed E-state index contributed by atoms with van der Waals surface area (Å²) < 4.78 is 0. The van der Waals surface area contributed by atoms with Crippen LogP contribution in [0, 0.1) is 0 Å². The molecule has 20 heavy (non-hydrogen) atoms. The highest BCUT2D eigenvalue weighted by Crippen LogP contribution is 2.24. The summed E-state index contributed by atoms with van der Waals surface area (Å²) in [6.45, 7) is 2.47. The monoisotopic (exact) mass is 273 g/mol. The molecule has 0 bridgehead atoms. The molecule has 0 saturated carbocycles. The molecule has 5 nitrogen and oxygen atoms in total. The Morgan fingerprint density at radius 1 is 1.30 bits per heavy atom. The average Bonchev–Trinajstić information content (AvgIpc) is 2.85. The Balaban J connectivity index is 1.79. The van der Waals surface area contributed by atoms with Crippen molar-refractivity contribution in [1.82, 2.24) is 9.80 Å². The molecule has 0 aromatic heterocycles. The Hall–Kier alpha value is -2.04. The molecule has 0 unspecified atom stereocenters. The van der Waals surface area contributed by atoms with Gasteiger partial charge in [0, 0.05) is 37.9 Å². The van der Waals surface area contributed by atoms with Gasteiger partial charge in [-0.25, -0.2) is 0 Å². The van der Waals surface area contributed by atoms with E-state index in [1.807, 2.05) is 18.2 Å². The summed E-state index contributed by atoms with van der Waals surface area (Å²) in [5.41, 5.74) is 2.97. The third-order valence-corrected chi connectivity index (χ3v) is 4.03. The van der Waals surface area contributed by atoms with Crippen LogP contribution in [0.3, 0.4) is 0 Å². The fourth-order valence-electron chi connectivity index (χ4n) is 2.77. The first-order valence-electron chi connectivity index (χ1n) is 7.05. The lowest BCUT2D eigenvalue weighted by atomic mass is 10.1. The summed E-state index contributed by atoms with van der Waals surface area (Å²) in [4.78, 5) is 27.7. The summed E-state index contributed by atoms with van der Waals surface area (Å²) in [6.07, 6.45) is 1.84. The van der Waals surface area contributed by atoms with Crippen molar-refractivity contribution in [1.29, 1.82) is 0 Å². The molecule has 0 radical (unpaired) electrons. The summed E-state index contributed by atoms with van der Waals surface area (Å²) in [5.74, 6) is -0.0414. The molecule has 106 valence electrons. The van der Waals surface area contributed by atoms with E-state index < -0.39 is 0 Å². The van der Waals surface area contributed by atoms with Crippen molar-refractivity contribution in [2.75, 3.05) is 38.5 Å². The molecule has 2 aliphatic rings. The molecule has 0 aliphatic carbocycles. The van der Waals surface area contributed by atoms with Gasteiger partial charge in [-0.1, -0.05) is 6.07 Å². The van der Waals surface area contributed by atoms with Crippen LogP contribution in [0.15, 0.2) is 18.2 Å². The number of anilines is 1. The average molecular weight is 273 g/mol.